The number of hydrogen-bond donors (Lipinski definition) is 2. The normalized spacial score (nSPS) is 11.8. The number of carbonyl (C=O) groups is 1. The average molecular weight is 555 g/mol. The Labute approximate surface area is 205 Å². The second-order valence-electron chi connectivity index (χ2n) is 7.55. The molecule has 0 saturated carbocycles. The highest BCUT2D eigenvalue weighted by Gasteiger charge is 2.12. The second-order valence-corrected chi connectivity index (χ2v) is 9.21. The summed E-state index contributed by atoms with van der Waals surface area (Å²) in [6.45, 7) is 4.38. The zero-order chi connectivity index (χ0) is 22.7. The van der Waals surface area contributed by atoms with Gasteiger partial charge in [0.05, 0.1) is 0 Å². The number of thiocarbonyl (C=S) groups is 1. The summed E-state index contributed by atoms with van der Waals surface area (Å²) in [5, 5.41) is 6.00. The first kappa shape index (κ1) is 22.4. The van der Waals surface area contributed by atoms with E-state index in [1.807, 2.05) is 42.5 Å². The Hall–Kier alpha value is -2.78. The maximum Gasteiger partial charge on any atom is 0.257 e. The van der Waals surface area contributed by atoms with Crippen molar-refractivity contribution in [2.75, 3.05) is 5.32 Å². The molecule has 0 aliphatic rings. The molecule has 4 aromatic rings. The van der Waals surface area contributed by atoms with Crippen molar-refractivity contribution in [2.45, 2.75) is 26.2 Å². The molecular weight excluding hydrogens is 533 g/mol. The molecule has 0 spiro atoms. The Bertz CT molecular complexity index is 1300. The van der Waals surface area contributed by atoms with Crippen LogP contribution in [0.15, 0.2) is 71.1 Å². The number of anilines is 1. The SMILES string of the molecule is CCC(C)c1ccc2oc(-c3cccc(NC(=S)NC(=O)c4cccc(I)c4)c3)nc2c1. The first-order valence-corrected chi connectivity index (χ1v) is 11.8. The van der Waals surface area contributed by atoms with Crippen LogP contribution in [0.3, 0.4) is 0 Å². The van der Waals surface area contributed by atoms with Crippen LogP contribution in [0.2, 0.25) is 0 Å². The van der Waals surface area contributed by atoms with Crippen LogP contribution in [0.5, 0.6) is 0 Å². The highest BCUT2D eigenvalue weighted by atomic mass is 127. The van der Waals surface area contributed by atoms with Gasteiger partial charge in [0.25, 0.3) is 5.91 Å². The van der Waals surface area contributed by atoms with Crippen LogP contribution < -0.4 is 10.6 Å². The van der Waals surface area contributed by atoms with Crippen molar-refractivity contribution >= 4 is 62.6 Å². The Kier molecular flexibility index (Phi) is 6.86. The molecule has 162 valence electrons. The fourth-order valence-electron chi connectivity index (χ4n) is 3.31. The summed E-state index contributed by atoms with van der Waals surface area (Å²) in [5.41, 5.74) is 4.96. The molecule has 5 nitrogen and oxygen atoms in total. The van der Waals surface area contributed by atoms with Crippen molar-refractivity contribution in [3.05, 3.63) is 81.4 Å². The van der Waals surface area contributed by atoms with Crippen LogP contribution in [0, 0.1) is 3.57 Å². The average Bonchev–Trinajstić information content (AvgIpc) is 3.22. The molecule has 2 N–H and O–H groups in total. The van der Waals surface area contributed by atoms with Gasteiger partial charge in [-0.15, -0.1) is 0 Å². The third-order valence-corrected chi connectivity index (χ3v) is 6.15. The number of hydrogen-bond acceptors (Lipinski definition) is 4. The Morgan fingerprint density at radius 3 is 2.72 bits per heavy atom. The molecule has 7 heteroatoms. The Morgan fingerprint density at radius 1 is 1.12 bits per heavy atom. The van der Waals surface area contributed by atoms with Crippen LogP contribution >= 0.6 is 34.8 Å². The van der Waals surface area contributed by atoms with E-state index in [0.717, 1.165) is 32.3 Å². The molecule has 0 bridgehead atoms. The summed E-state index contributed by atoms with van der Waals surface area (Å²) in [6, 6.07) is 21.1. The third kappa shape index (κ3) is 5.16. The molecule has 1 atom stereocenters. The molecule has 1 heterocycles. The van der Waals surface area contributed by atoms with Gasteiger partial charge in [0.1, 0.15) is 5.52 Å². The highest BCUT2D eigenvalue weighted by molar-refractivity contribution is 14.1. The van der Waals surface area contributed by atoms with Gasteiger partial charge in [0.2, 0.25) is 5.89 Å². The first-order valence-electron chi connectivity index (χ1n) is 10.3. The molecule has 1 amide bonds. The van der Waals surface area contributed by atoms with Gasteiger partial charge in [-0.3, -0.25) is 10.1 Å². The number of fused-ring (bicyclic) bond motifs is 1. The summed E-state index contributed by atoms with van der Waals surface area (Å²) >= 11 is 7.49. The fraction of sp³-hybridized carbons (Fsp3) is 0.160. The van der Waals surface area contributed by atoms with Gasteiger partial charge in [0.15, 0.2) is 10.7 Å². The molecule has 0 aliphatic heterocycles. The smallest absolute Gasteiger partial charge is 0.257 e. The van der Waals surface area contributed by atoms with Gasteiger partial charge in [-0.05, 0) is 101 Å². The number of amides is 1. The van der Waals surface area contributed by atoms with Crippen molar-refractivity contribution in [1.29, 1.82) is 0 Å². The molecular formula is C25H22IN3O2S. The Morgan fingerprint density at radius 2 is 1.94 bits per heavy atom. The number of rotatable bonds is 5. The lowest BCUT2D eigenvalue weighted by Crippen LogP contribution is -2.34. The number of halogens is 1. The number of benzene rings is 3. The van der Waals surface area contributed by atoms with Crippen molar-refractivity contribution < 1.29 is 9.21 Å². The van der Waals surface area contributed by atoms with E-state index < -0.39 is 0 Å². The van der Waals surface area contributed by atoms with E-state index >= 15 is 0 Å². The molecule has 1 unspecified atom stereocenters. The minimum Gasteiger partial charge on any atom is -0.436 e. The molecule has 0 saturated heterocycles. The third-order valence-electron chi connectivity index (χ3n) is 5.27. The standard InChI is InChI=1S/C25H22IN3O2S/c1-3-15(2)16-10-11-22-21(14-16)28-24(31-22)18-7-5-9-20(13-18)27-25(32)29-23(30)17-6-4-8-19(26)12-17/h4-15H,3H2,1-2H3,(H2,27,29,30,32). The number of aromatic nitrogens is 1. The molecule has 32 heavy (non-hydrogen) atoms. The van der Waals surface area contributed by atoms with Gasteiger partial charge >= 0.3 is 0 Å². The zero-order valence-electron chi connectivity index (χ0n) is 17.7. The predicted molar refractivity (Wildman–Crippen MR) is 141 cm³/mol. The molecule has 0 aliphatic carbocycles. The number of oxazole rings is 1. The van der Waals surface area contributed by atoms with Crippen LogP contribution in [0.25, 0.3) is 22.6 Å². The van der Waals surface area contributed by atoms with Gasteiger partial charge in [-0.1, -0.05) is 32.0 Å². The fourth-order valence-corrected chi connectivity index (χ4v) is 4.06. The van der Waals surface area contributed by atoms with Gasteiger partial charge in [-0.2, -0.15) is 0 Å². The number of nitrogens with zero attached hydrogens (tertiary/aromatic N) is 1. The number of carbonyl (C=O) groups excluding carboxylic acids is 1. The molecule has 1 aromatic heterocycles. The zero-order valence-corrected chi connectivity index (χ0v) is 20.7. The van der Waals surface area contributed by atoms with Crippen molar-refractivity contribution in [2.24, 2.45) is 0 Å². The lowest BCUT2D eigenvalue weighted by molar-refractivity contribution is 0.0977. The van der Waals surface area contributed by atoms with Crippen LogP contribution in [-0.4, -0.2) is 16.0 Å². The maximum absolute atomic E-state index is 12.4. The van der Waals surface area contributed by atoms with E-state index in [1.165, 1.54) is 5.56 Å². The van der Waals surface area contributed by atoms with E-state index in [2.05, 4.69) is 64.2 Å². The van der Waals surface area contributed by atoms with E-state index in [0.29, 0.717) is 17.4 Å². The number of nitrogens with one attached hydrogen (secondary N) is 2. The van der Waals surface area contributed by atoms with Gasteiger partial charge in [0, 0.05) is 20.4 Å². The van der Waals surface area contributed by atoms with Crippen LogP contribution in [0.1, 0.15) is 42.1 Å². The predicted octanol–water partition coefficient (Wildman–Crippen LogP) is 6.74. The lowest BCUT2D eigenvalue weighted by Gasteiger charge is -2.10. The first-order chi connectivity index (χ1) is 15.4. The van der Waals surface area contributed by atoms with E-state index in [-0.39, 0.29) is 11.0 Å². The molecule has 3 aromatic carbocycles. The summed E-state index contributed by atoms with van der Waals surface area (Å²) in [5.74, 6) is 0.759. The van der Waals surface area contributed by atoms with Crippen molar-refractivity contribution in [3.63, 3.8) is 0 Å². The Balaban J connectivity index is 1.49. The quantitative estimate of drug-likeness (QED) is 0.211. The second kappa shape index (κ2) is 9.79. The monoisotopic (exact) mass is 555 g/mol. The van der Waals surface area contributed by atoms with Gasteiger partial charge in [-0.25, -0.2) is 4.98 Å². The lowest BCUT2D eigenvalue weighted by atomic mass is 9.98. The van der Waals surface area contributed by atoms with E-state index in [1.54, 1.807) is 12.1 Å². The minimum atomic E-state index is -0.256. The summed E-state index contributed by atoms with van der Waals surface area (Å²) < 4.78 is 6.96. The summed E-state index contributed by atoms with van der Waals surface area (Å²) in [7, 11) is 0. The minimum absolute atomic E-state index is 0.224. The highest BCUT2D eigenvalue weighted by Crippen LogP contribution is 2.29. The van der Waals surface area contributed by atoms with Crippen LogP contribution in [0.4, 0.5) is 5.69 Å². The van der Waals surface area contributed by atoms with E-state index in [4.69, 9.17) is 16.6 Å². The summed E-state index contributed by atoms with van der Waals surface area (Å²) in [6.07, 6.45) is 1.07. The van der Waals surface area contributed by atoms with Crippen LogP contribution in [-0.2, 0) is 0 Å². The molecule has 0 radical (unpaired) electrons. The summed E-state index contributed by atoms with van der Waals surface area (Å²) in [4.78, 5) is 17.1. The molecule has 0 fully saturated rings. The molecule has 4 rings (SSSR count). The van der Waals surface area contributed by atoms with Crippen molar-refractivity contribution in [1.82, 2.24) is 10.3 Å². The topological polar surface area (TPSA) is 67.2 Å². The van der Waals surface area contributed by atoms with Crippen molar-refractivity contribution in [3.8, 4) is 11.5 Å². The largest absolute Gasteiger partial charge is 0.436 e. The van der Waals surface area contributed by atoms with Gasteiger partial charge < -0.3 is 9.73 Å². The maximum atomic E-state index is 12.4. The van der Waals surface area contributed by atoms with E-state index in [9.17, 15) is 4.79 Å².